The van der Waals surface area contributed by atoms with Gasteiger partial charge in [0.2, 0.25) is 0 Å². The van der Waals surface area contributed by atoms with Gasteiger partial charge in [0.25, 0.3) is 5.69 Å². The third-order valence-corrected chi connectivity index (χ3v) is 3.46. The summed E-state index contributed by atoms with van der Waals surface area (Å²) in [6, 6.07) is 0. The molecule has 0 aliphatic rings. The molecule has 5 heteroatoms. The van der Waals surface area contributed by atoms with Gasteiger partial charge in [-0.25, -0.2) is 0 Å². The number of nitrogens with zero attached hydrogens (tertiary/aromatic N) is 2. The minimum atomic E-state index is -0.323. The first kappa shape index (κ1) is 17.6. The molecule has 0 bridgehead atoms. The van der Waals surface area contributed by atoms with Gasteiger partial charge in [0.05, 0.1) is 10.6 Å². The zero-order valence-electron chi connectivity index (χ0n) is 14.2. The maximum absolute atomic E-state index is 11.1. The summed E-state index contributed by atoms with van der Waals surface area (Å²) in [5.41, 5.74) is 2.35. The van der Waals surface area contributed by atoms with E-state index in [-0.39, 0.29) is 21.6 Å². The maximum atomic E-state index is 11.1. The van der Waals surface area contributed by atoms with Crippen molar-refractivity contribution in [3.05, 3.63) is 33.1 Å². The minimum absolute atomic E-state index is 0.0496. The van der Waals surface area contributed by atoms with E-state index in [2.05, 4.69) is 44.9 Å². The van der Waals surface area contributed by atoms with Gasteiger partial charge in [-0.3, -0.25) is 15.1 Å². The first-order valence-corrected chi connectivity index (χ1v) is 7.27. The summed E-state index contributed by atoms with van der Waals surface area (Å²) in [4.78, 5) is 15.2. The number of rotatable bonds is 5. The van der Waals surface area contributed by atoms with Crippen molar-refractivity contribution in [1.29, 1.82) is 0 Å². The standard InChI is InChI=1S/C16H27N3O2/c1-11-8-17-13(12(2)14(11)19(20)21)9-18-16(6,7)10-15(3,4)5/h8,18H,9-10H2,1-7H3. The molecule has 118 valence electrons. The summed E-state index contributed by atoms with van der Waals surface area (Å²) < 4.78 is 0. The van der Waals surface area contributed by atoms with Crippen LogP contribution in [0.15, 0.2) is 6.20 Å². The van der Waals surface area contributed by atoms with Crippen LogP contribution in [0.4, 0.5) is 5.69 Å². The highest BCUT2D eigenvalue weighted by Gasteiger charge is 2.26. The predicted molar refractivity (Wildman–Crippen MR) is 85.4 cm³/mol. The van der Waals surface area contributed by atoms with Crippen LogP contribution in [0.1, 0.15) is 57.9 Å². The zero-order valence-corrected chi connectivity index (χ0v) is 14.2. The van der Waals surface area contributed by atoms with Crippen molar-refractivity contribution in [2.24, 2.45) is 5.41 Å². The Labute approximate surface area is 127 Å². The SMILES string of the molecule is Cc1cnc(CNC(C)(C)CC(C)(C)C)c(C)c1[N+](=O)[O-]. The Morgan fingerprint density at radius 1 is 1.24 bits per heavy atom. The van der Waals surface area contributed by atoms with E-state index in [9.17, 15) is 10.1 Å². The van der Waals surface area contributed by atoms with E-state index in [1.165, 1.54) is 0 Å². The van der Waals surface area contributed by atoms with Gasteiger partial charge >= 0.3 is 0 Å². The number of nitrogens with one attached hydrogen (secondary N) is 1. The van der Waals surface area contributed by atoms with Crippen LogP contribution in [-0.2, 0) is 6.54 Å². The Balaban J connectivity index is 2.90. The van der Waals surface area contributed by atoms with Crippen molar-refractivity contribution in [1.82, 2.24) is 10.3 Å². The van der Waals surface area contributed by atoms with Crippen LogP contribution in [0.2, 0.25) is 0 Å². The van der Waals surface area contributed by atoms with Gasteiger partial charge in [0.1, 0.15) is 0 Å². The molecule has 0 saturated carbocycles. The van der Waals surface area contributed by atoms with E-state index < -0.39 is 0 Å². The van der Waals surface area contributed by atoms with Gasteiger partial charge in [-0.15, -0.1) is 0 Å². The quantitative estimate of drug-likeness (QED) is 0.660. The highest BCUT2D eigenvalue weighted by atomic mass is 16.6. The van der Waals surface area contributed by atoms with Crippen molar-refractivity contribution in [2.75, 3.05) is 0 Å². The van der Waals surface area contributed by atoms with E-state index in [0.29, 0.717) is 17.7 Å². The smallest absolute Gasteiger partial charge is 0.278 e. The Hall–Kier alpha value is -1.49. The molecule has 1 N–H and O–H groups in total. The Morgan fingerprint density at radius 2 is 1.81 bits per heavy atom. The number of nitro groups is 1. The van der Waals surface area contributed by atoms with Crippen LogP contribution in [0.25, 0.3) is 0 Å². The lowest BCUT2D eigenvalue weighted by atomic mass is 9.82. The molecule has 0 atom stereocenters. The molecule has 5 nitrogen and oxygen atoms in total. The second kappa shape index (κ2) is 6.10. The zero-order chi connectivity index (χ0) is 16.4. The van der Waals surface area contributed by atoms with E-state index in [1.54, 1.807) is 20.0 Å². The van der Waals surface area contributed by atoms with Crippen molar-refractivity contribution < 1.29 is 4.92 Å². The first-order chi connectivity index (χ1) is 9.43. The summed E-state index contributed by atoms with van der Waals surface area (Å²) in [7, 11) is 0. The average Bonchev–Trinajstić information content (AvgIpc) is 2.24. The molecule has 1 aromatic rings. The van der Waals surface area contributed by atoms with E-state index in [4.69, 9.17) is 0 Å². The second-order valence-electron chi connectivity index (χ2n) is 7.59. The molecule has 21 heavy (non-hydrogen) atoms. The molecular formula is C16H27N3O2. The molecule has 0 aromatic carbocycles. The summed E-state index contributed by atoms with van der Waals surface area (Å²) in [5, 5.41) is 14.6. The molecule has 0 saturated heterocycles. The molecule has 0 spiro atoms. The predicted octanol–water partition coefficient (Wildman–Crippen LogP) is 3.91. The molecule has 1 rings (SSSR count). The van der Waals surface area contributed by atoms with Crippen molar-refractivity contribution >= 4 is 5.69 Å². The Kier molecular flexibility index (Phi) is 5.10. The van der Waals surface area contributed by atoms with Crippen LogP contribution in [0.3, 0.4) is 0 Å². The lowest BCUT2D eigenvalue weighted by Gasteiger charge is -2.33. The first-order valence-electron chi connectivity index (χ1n) is 7.27. The number of hydrogen-bond acceptors (Lipinski definition) is 4. The summed E-state index contributed by atoms with van der Waals surface area (Å²) in [5.74, 6) is 0. The van der Waals surface area contributed by atoms with E-state index in [1.807, 2.05) is 0 Å². The van der Waals surface area contributed by atoms with Crippen molar-refractivity contribution in [3.63, 3.8) is 0 Å². The monoisotopic (exact) mass is 293 g/mol. The third kappa shape index (κ3) is 5.08. The normalized spacial score (nSPS) is 12.5. The number of pyridine rings is 1. The largest absolute Gasteiger partial charge is 0.306 e. The topological polar surface area (TPSA) is 68.1 Å². The highest BCUT2D eigenvalue weighted by molar-refractivity contribution is 5.47. The van der Waals surface area contributed by atoms with Crippen molar-refractivity contribution in [2.45, 2.75) is 67.0 Å². The molecular weight excluding hydrogens is 266 g/mol. The summed E-state index contributed by atoms with van der Waals surface area (Å²) in [6.07, 6.45) is 2.59. The number of aromatic nitrogens is 1. The Bertz CT molecular complexity index is 531. The van der Waals surface area contributed by atoms with Crippen LogP contribution < -0.4 is 5.32 Å². The van der Waals surface area contributed by atoms with Gasteiger partial charge in [-0.1, -0.05) is 20.8 Å². The summed E-state index contributed by atoms with van der Waals surface area (Å²) >= 11 is 0. The fraction of sp³-hybridized carbons (Fsp3) is 0.688. The molecule has 1 heterocycles. The molecule has 0 fully saturated rings. The van der Waals surface area contributed by atoms with E-state index in [0.717, 1.165) is 12.1 Å². The van der Waals surface area contributed by atoms with Gasteiger partial charge in [-0.05, 0) is 39.5 Å². The lowest BCUT2D eigenvalue weighted by molar-refractivity contribution is -0.386. The molecule has 1 aromatic heterocycles. The number of aryl methyl sites for hydroxylation is 1. The molecule has 0 amide bonds. The van der Waals surface area contributed by atoms with Crippen LogP contribution in [0, 0.1) is 29.4 Å². The molecule has 0 unspecified atom stereocenters. The average molecular weight is 293 g/mol. The van der Waals surface area contributed by atoms with Crippen molar-refractivity contribution in [3.8, 4) is 0 Å². The summed E-state index contributed by atoms with van der Waals surface area (Å²) in [6.45, 7) is 14.9. The molecule has 0 aliphatic carbocycles. The molecule has 0 radical (unpaired) electrons. The Morgan fingerprint density at radius 3 is 2.29 bits per heavy atom. The van der Waals surface area contributed by atoms with Gasteiger partial charge < -0.3 is 5.32 Å². The van der Waals surface area contributed by atoms with E-state index >= 15 is 0 Å². The second-order valence-corrected chi connectivity index (χ2v) is 7.59. The van der Waals surface area contributed by atoms with Gasteiger partial charge in [0.15, 0.2) is 0 Å². The van der Waals surface area contributed by atoms with Gasteiger partial charge in [0, 0.05) is 29.4 Å². The maximum Gasteiger partial charge on any atom is 0.278 e. The fourth-order valence-electron chi connectivity index (χ4n) is 2.94. The van der Waals surface area contributed by atoms with Crippen LogP contribution in [0.5, 0.6) is 0 Å². The minimum Gasteiger partial charge on any atom is -0.306 e. The number of hydrogen-bond donors (Lipinski definition) is 1. The lowest BCUT2D eigenvalue weighted by Crippen LogP contribution is -2.42. The van der Waals surface area contributed by atoms with Gasteiger partial charge in [-0.2, -0.15) is 0 Å². The fourth-order valence-corrected chi connectivity index (χ4v) is 2.94. The third-order valence-electron chi connectivity index (χ3n) is 3.46. The van der Waals surface area contributed by atoms with Crippen LogP contribution >= 0.6 is 0 Å². The molecule has 0 aliphatic heterocycles. The highest BCUT2D eigenvalue weighted by Crippen LogP contribution is 2.28. The van der Waals surface area contributed by atoms with Crippen LogP contribution in [-0.4, -0.2) is 15.4 Å².